The molecule has 9 heteroatoms. The van der Waals surface area contributed by atoms with Crippen molar-refractivity contribution in [3.63, 3.8) is 0 Å². The third kappa shape index (κ3) is 3.63. The maximum Gasteiger partial charge on any atom is 0.264 e. The van der Waals surface area contributed by atoms with Crippen molar-refractivity contribution in [1.82, 2.24) is 9.47 Å². The number of rotatable bonds is 4. The highest BCUT2D eigenvalue weighted by molar-refractivity contribution is 7.92. The van der Waals surface area contributed by atoms with Gasteiger partial charge in [-0.3, -0.25) is 9.52 Å². The number of sulfonamides is 1. The lowest BCUT2D eigenvalue weighted by Gasteiger charge is -2.27. The Labute approximate surface area is 163 Å². The molecule has 6 nitrogen and oxygen atoms in total. The summed E-state index contributed by atoms with van der Waals surface area (Å²) in [4.78, 5) is 14.6. The van der Waals surface area contributed by atoms with Gasteiger partial charge in [0.1, 0.15) is 16.5 Å². The smallest absolute Gasteiger partial charge is 0.264 e. The average Bonchev–Trinajstić information content (AvgIpc) is 2.89. The van der Waals surface area contributed by atoms with Crippen LogP contribution in [0.5, 0.6) is 0 Å². The molecule has 1 aromatic heterocycles. The Morgan fingerprint density at radius 1 is 1.07 bits per heavy atom. The van der Waals surface area contributed by atoms with Crippen molar-refractivity contribution in [2.24, 2.45) is 7.05 Å². The number of hydrogen-bond acceptors (Lipinski definition) is 3. The Kier molecular flexibility index (Phi) is 5.47. The summed E-state index contributed by atoms with van der Waals surface area (Å²) in [6.45, 7) is 4.39. The second-order valence-electron chi connectivity index (χ2n) is 7.02. The number of benzene rings is 1. The number of halogens is 2. The molecule has 0 radical (unpaired) electrons. The standard InChI is InChI=1S/C19H23F2N3O3S/c1-12-17(19(25)24-9-5-4-6-10-24)18(13(2)23(12)3)28(26,27)22-16-11-14(20)7-8-15(16)21/h7-8,11,22H,4-6,9-10H2,1-3H3. The van der Waals surface area contributed by atoms with E-state index in [1.807, 2.05) is 0 Å². The van der Waals surface area contributed by atoms with Crippen molar-refractivity contribution in [1.29, 1.82) is 0 Å². The number of aromatic nitrogens is 1. The molecule has 2 heterocycles. The lowest BCUT2D eigenvalue weighted by atomic mass is 10.1. The number of anilines is 1. The fourth-order valence-corrected chi connectivity index (χ4v) is 5.10. The van der Waals surface area contributed by atoms with Crippen LogP contribution in [0.4, 0.5) is 14.5 Å². The highest BCUT2D eigenvalue weighted by atomic mass is 32.2. The molecule has 0 bridgehead atoms. The second kappa shape index (κ2) is 7.54. The molecule has 1 saturated heterocycles. The molecule has 0 spiro atoms. The summed E-state index contributed by atoms with van der Waals surface area (Å²) >= 11 is 0. The molecule has 1 aliphatic rings. The summed E-state index contributed by atoms with van der Waals surface area (Å²) in [5.74, 6) is -2.04. The molecule has 0 aliphatic carbocycles. The zero-order valence-electron chi connectivity index (χ0n) is 16.1. The quantitative estimate of drug-likeness (QED) is 0.839. The number of carbonyl (C=O) groups excluding carboxylic acids is 1. The summed E-state index contributed by atoms with van der Waals surface area (Å²) in [7, 11) is -2.66. The van der Waals surface area contributed by atoms with Crippen LogP contribution < -0.4 is 4.72 Å². The van der Waals surface area contributed by atoms with Gasteiger partial charge in [0, 0.05) is 37.6 Å². The van der Waals surface area contributed by atoms with E-state index >= 15 is 0 Å². The van der Waals surface area contributed by atoms with Gasteiger partial charge in [0.2, 0.25) is 0 Å². The van der Waals surface area contributed by atoms with E-state index in [1.165, 1.54) is 0 Å². The van der Waals surface area contributed by atoms with Crippen molar-refractivity contribution in [3.8, 4) is 0 Å². The molecule has 152 valence electrons. The molecular weight excluding hydrogens is 388 g/mol. The maximum atomic E-state index is 14.0. The molecule has 3 rings (SSSR count). The van der Waals surface area contributed by atoms with E-state index in [4.69, 9.17) is 0 Å². The van der Waals surface area contributed by atoms with Crippen LogP contribution in [-0.2, 0) is 17.1 Å². The van der Waals surface area contributed by atoms with Gasteiger partial charge in [-0.15, -0.1) is 0 Å². The van der Waals surface area contributed by atoms with Crippen molar-refractivity contribution < 1.29 is 22.0 Å². The Bertz CT molecular complexity index is 1030. The molecule has 1 aromatic carbocycles. The Morgan fingerprint density at radius 3 is 2.36 bits per heavy atom. The van der Waals surface area contributed by atoms with Crippen LogP contribution in [0, 0.1) is 25.5 Å². The monoisotopic (exact) mass is 411 g/mol. The van der Waals surface area contributed by atoms with Gasteiger partial charge in [0.15, 0.2) is 0 Å². The Hall–Kier alpha value is -2.42. The minimum absolute atomic E-state index is 0.0752. The first-order chi connectivity index (χ1) is 13.1. The zero-order valence-corrected chi connectivity index (χ0v) is 16.9. The molecular formula is C19H23F2N3O3S. The molecule has 0 saturated carbocycles. The second-order valence-corrected chi connectivity index (χ2v) is 8.64. The van der Waals surface area contributed by atoms with Crippen LogP contribution in [0.1, 0.15) is 41.0 Å². The lowest BCUT2D eigenvalue weighted by molar-refractivity contribution is 0.0720. The van der Waals surface area contributed by atoms with E-state index in [1.54, 1.807) is 30.4 Å². The number of nitrogens with zero attached hydrogens (tertiary/aromatic N) is 2. The first-order valence-corrected chi connectivity index (χ1v) is 10.5. The van der Waals surface area contributed by atoms with E-state index in [0.717, 1.165) is 37.5 Å². The molecule has 1 amide bonds. The zero-order chi connectivity index (χ0) is 20.6. The van der Waals surface area contributed by atoms with E-state index in [-0.39, 0.29) is 16.4 Å². The van der Waals surface area contributed by atoms with Gasteiger partial charge in [-0.25, -0.2) is 17.2 Å². The fourth-order valence-electron chi connectivity index (χ4n) is 3.52. The molecule has 1 N–H and O–H groups in total. The van der Waals surface area contributed by atoms with E-state index < -0.39 is 27.3 Å². The van der Waals surface area contributed by atoms with Gasteiger partial charge in [0.25, 0.3) is 15.9 Å². The number of carbonyl (C=O) groups is 1. The van der Waals surface area contributed by atoms with Crippen LogP contribution in [0.2, 0.25) is 0 Å². The summed E-state index contributed by atoms with van der Waals surface area (Å²) < 4.78 is 57.3. The Morgan fingerprint density at radius 2 is 1.71 bits per heavy atom. The number of hydrogen-bond donors (Lipinski definition) is 1. The summed E-state index contributed by atoms with van der Waals surface area (Å²) in [5.41, 5.74) is 0.429. The van der Waals surface area contributed by atoms with E-state index in [0.29, 0.717) is 24.5 Å². The van der Waals surface area contributed by atoms with Crippen molar-refractivity contribution >= 4 is 21.6 Å². The highest BCUT2D eigenvalue weighted by Gasteiger charge is 2.33. The fraction of sp³-hybridized carbons (Fsp3) is 0.421. The highest BCUT2D eigenvalue weighted by Crippen LogP contribution is 2.30. The van der Waals surface area contributed by atoms with Crippen LogP contribution in [-0.4, -0.2) is 36.9 Å². The molecule has 0 atom stereocenters. The predicted octanol–water partition coefficient (Wildman–Crippen LogP) is 3.35. The first kappa shape index (κ1) is 20.3. The number of nitrogens with one attached hydrogen (secondary N) is 1. The molecule has 2 aromatic rings. The van der Waals surface area contributed by atoms with Crippen LogP contribution in [0.3, 0.4) is 0 Å². The molecule has 1 fully saturated rings. The molecule has 28 heavy (non-hydrogen) atoms. The van der Waals surface area contributed by atoms with Crippen LogP contribution in [0.15, 0.2) is 23.1 Å². The SMILES string of the molecule is Cc1c(C(=O)N2CCCCC2)c(S(=O)(=O)Nc2cc(F)ccc2F)c(C)n1C. The van der Waals surface area contributed by atoms with Gasteiger partial charge in [-0.1, -0.05) is 0 Å². The van der Waals surface area contributed by atoms with Gasteiger partial charge in [-0.05, 0) is 45.2 Å². The summed E-state index contributed by atoms with van der Waals surface area (Å²) in [5, 5.41) is 0. The van der Waals surface area contributed by atoms with Gasteiger partial charge in [0.05, 0.1) is 11.3 Å². The largest absolute Gasteiger partial charge is 0.350 e. The van der Waals surface area contributed by atoms with Gasteiger partial charge >= 0.3 is 0 Å². The van der Waals surface area contributed by atoms with Gasteiger partial charge < -0.3 is 9.47 Å². The van der Waals surface area contributed by atoms with Crippen molar-refractivity contribution in [3.05, 3.63) is 46.8 Å². The summed E-state index contributed by atoms with van der Waals surface area (Å²) in [6, 6.07) is 2.51. The number of piperidine rings is 1. The summed E-state index contributed by atoms with van der Waals surface area (Å²) in [6.07, 6.45) is 2.76. The first-order valence-electron chi connectivity index (χ1n) is 9.06. The minimum Gasteiger partial charge on any atom is -0.350 e. The maximum absolute atomic E-state index is 14.0. The van der Waals surface area contributed by atoms with Crippen LogP contribution in [0.25, 0.3) is 0 Å². The number of amides is 1. The Balaban J connectivity index is 2.08. The van der Waals surface area contributed by atoms with E-state index in [9.17, 15) is 22.0 Å². The van der Waals surface area contributed by atoms with Crippen LogP contribution >= 0.6 is 0 Å². The number of likely N-dealkylation sites (tertiary alicyclic amines) is 1. The van der Waals surface area contributed by atoms with Gasteiger partial charge in [-0.2, -0.15) is 0 Å². The van der Waals surface area contributed by atoms with E-state index in [2.05, 4.69) is 4.72 Å². The third-order valence-corrected chi connectivity index (χ3v) is 6.75. The predicted molar refractivity (Wildman–Crippen MR) is 102 cm³/mol. The molecule has 0 unspecified atom stereocenters. The van der Waals surface area contributed by atoms with Crippen molar-refractivity contribution in [2.75, 3.05) is 17.8 Å². The lowest BCUT2D eigenvalue weighted by Crippen LogP contribution is -2.36. The normalized spacial score (nSPS) is 15.0. The topological polar surface area (TPSA) is 71.4 Å². The minimum atomic E-state index is -4.32. The third-order valence-electron chi connectivity index (χ3n) is 5.22. The van der Waals surface area contributed by atoms with Crippen molar-refractivity contribution in [2.45, 2.75) is 38.0 Å². The molecule has 1 aliphatic heterocycles. The average molecular weight is 411 g/mol.